The molecule has 0 aromatic heterocycles. The van der Waals surface area contributed by atoms with Gasteiger partial charge in [0.05, 0.1) is 0 Å². The quantitative estimate of drug-likeness (QED) is 0.652. The van der Waals surface area contributed by atoms with E-state index in [0.29, 0.717) is 5.91 Å². The van der Waals surface area contributed by atoms with E-state index in [1.165, 1.54) is 25.7 Å². The summed E-state index contributed by atoms with van der Waals surface area (Å²) in [5.41, 5.74) is 0. The van der Waals surface area contributed by atoms with Crippen LogP contribution in [-0.4, -0.2) is 23.9 Å². The van der Waals surface area contributed by atoms with Crippen molar-refractivity contribution in [3.8, 4) is 0 Å². The summed E-state index contributed by atoms with van der Waals surface area (Å²) in [5, 5.41) is 0. The second kappa shape index (κ2) is 5.34. The first-order valence-electron chi connectivity index (χ1n) is 6.29. The highest BCUT2D eigenvalue weighted by Crippen LogP contribution is 2.28. The molecule has 84 valence electrons. The summed E-state index contributed by atoms with van der Waals surface area (Å²) in [7, 11) is 0. The van der Waals surface area contributed by atoms with E-state index in [0.717, 1.165) is 38.3 Å². The lowest BCUT2D eigenvalue weighted by atomic mass is 10.0. The van der Waals surface area contributed by atoms with Gasteiger partial charge in [0.25, 0.3) is 0 Å². The second-order valence-corrected chi connectivity index (χ2v) is 4.79. The van der Waals surface area contributed by atoms with Crippen molar-refractivity contribution in [2.45, 2.75) is 44.9 Å². The summed E-state index contributed by atoms with van der Waals surface area (Å²) in [6, 6.07) is 0. The monoisotopic (exact) mass is 207 g/mol. The lowest BCUT2D eigenvalue weighted by molar-refractivity contribution is -0.131. The van der Waals surface area contributed by atoms with Gasteiger partial charge in [0.1, 0.15) is 0 Å². The highest BCUT2D eigenvalue weighted by atomic mass is 16.2. The molecule has 0 unspecified atom stereocenters. The molecule has 1 fully saturated rings. The molecule has 0 N–H and O–H groups in total. The normalized spacial score (nSPS) is 22.3. The first-order chi connectivity index (χ1) is 7.36. The molecule has 1 aliphatic heterocycles. The average molecular weight is 207 g/mol. The molecule has 0 atom stereocenters. The summed E-state index contributed by atoms with van der Waals surface area (Å²) >= 11 is 0. The Morgan fingerprint density at radius 3 is 2.73 bits per heavy atom. The van der Waals surface area contributed by atoms with Crippen LogP contribution in [0.25, 0.3) is 0 Å². The summed E-state index contributed by atoms with van der Waals surface area (Å²) in [5.74, 6) is 1.21. The molecular weight excluding hydrogens is 186 g/mol. The molecule has 0 aromatic carbocycles. The van der Waals surface area contributed by atoms with Gasteiger partial charge < -0.3 is 4.90 Å². The van der Waals surface area contributed by atoms with Crippen LogP contribution in [0.1, 0.15) is 44.9 Å². The van der Waals surface area contributed by atoms with E-state index in [1.54, 1.807) is 0 Å². The molecule has 1 saturated carbocycles. The van der Waals surface area contributed by atoms with Crippen LogP contribution < -0.4 is 0 Å². The van der Waals surface area contributed by atoms with E-state index in [-0.39, 0.29) is 0 Å². The van der Waals surface area contributed by atoms with Crippen molar-refractivity contribution in [1.29, 1.82) is 0 Å². The summed E-state index contributed by atoms with van der Waals surface area (Å²) in [6.07, 6.45) is 12.7. The Hall–Kier alpha value is -0.790. The zero-order chi connectivity index (χ0) is 10.5. The Morgan fingerprint density at radius 1 is 1.27 bits per heavy atom. The SMILES string of the molecule is O=C(CCC1CCCC1)N1CC=CCC1. The van der Waals surface area contributed by atoms with E-state index >= 15 is 0 Å². The van der Waals surface area contributed by atoms with E-state index < -0.39 is 0 Å². The number of hydrogen-bond acceptors (Lipinski definition) is 1. The molecule has 0 spiro atoms. The van der Waals surface area contributed by atoms with Gasteiger partial charge in [-0.25, -0.2) is 0 Å². The van der Waals surface area contributed by atoms with Crippen LogP contribution in [0.15, 0.2) is 12.2 Å². The van der Waals surface area contributed by atoms with E-state index in [2.05, 4.69) is 12.2 Å². The Bertz CT molecular complexity index is 241. The highest BCUT2D eigenvalue weighted by Gasteiger charge is 2.18. The Balaban J connectivity index is 1.69. The molecule has 2 nitrogen and oxygen atoms in total. The van der Waals surface area contributed by atoms with Gasteiger partial charge in [-0.1, -0.05) is 37.8 Å². The lowest BCUT2D eigenvalue weighted by Crippen LogP contribution is -2.33. The first-order valence-corrected chi connectivity index (χ1v) is 6.29. The predicted octanol–water partition coefficient (Wildman–Crippen LogP) is 2.75. The number of rotatable bonds is 3. The minimum atomic E-state index is 0.367. The topological polar surface area (TPSA) is 20.3 Å². The maximum atomic E-state index is 11.8. The smallest absolute Gasteiger partial charge is 0.222 e. The molecule has 2 rings (SSSR count). The number of hydrogen-bond donors (Lipinski definition) is 0. The Labute approximate surface area is 92.3 Å². The lowest BCUT2D eigenvalue weighted by Gasteiger charge is -2.23. The number of carbonyl (C=O) groups is 1. The van der Waals surface area contributed by atoms with Crippen molar-refractivity contribution in [1.82, 2.24) is 4.90 Å². The molecule has 0 radical (unpaired) electrons. The van der Waals surface area contributed by atoms with E-state index in [4.69, 9.17) is 0 Å². The third-order valence-corrected chi connectivity index (χ3v) is 3.65. The maximum Gasteiger partial charge on any atom is 0.222 e. The molecule has 15 heavy (non-hydrogen) atoms. The van der Waals surface area contributed by atoms with Gasteiger partial charge in [0, 0.05) is 19.5 Å². The third kappa shape index (κ3) is 3.08. The van der Waals surface area contributed by atoms with Crippen LogP contribution in [0, 0.1) is 5.92 Å². The van der Waals surface area contributed by atoms with Crippen LogP contribution in [0.2, 0.25) is 0 Å². The number of nitrogens with zero attached hydrogens (tertiary/aromatic N) is 1. The first kappa shape index (κ1) is 10.7. The number of amides is 1. The van der Waals surface area contributed by atoms with Crippen LogP contribution in [0.5, 0.6) is 0 Å². The van der Waals surface area contributed by atoms with Gasteiger partial charge in [-0.3, -0.25) is 4.79 Å². The molecule has 0 bridgehead atoms. The second-order valence-electron chi connectivity index (χ2n) is 4.79. The van der Waals surface area contributed by atoms with Gasteiger partial charge in [-0.2, -0.15) is 0 Å². The van der Waals surface area contributed by atoms with Crippen LogP contribution in [-0.2, 0) is 4.79 Å². The van der Waals surface area contributed by atoms with Crippen molar-refractivity contribution in [3.63, 3.8) is 0 Å². The van der Waals surface area contributed by atoms with Crippen LogP contribution in [0.3, 0.4) is 0 Å². The Kier molecular flexibility index (Phi) is 3.81. The maximum absolute atomic E-state index is 11.8. The van der Waals surface area contributed by atoms with Crippen LogP contribution >= 0.6 is 0 Å². The van der Waals surface area contributed by atoms with Gasteiger partial charge in [0.15, 0.2) is 0 Å². The predicted molar refractivity (Wildman–Crippen MR) is 61.5 cm³/mol. The fourth-order valence-electron chi connectivity index (χ4n) is 2.65. The number of carbonyl (C=O) groups excluding carboxylic acids is 1. The fraction of sp³-hybridized carbons (Fsp3) is 0.769. The van der Waals surface area contributed by atoms with E-state index in [9.17, 15) is 4.79 Å². The molecule has 0 aromatic rings. The molecule has 2 aliphatic rings. The summed E-state index contributed by atoms with van der Waals surface area (Å²) < 4.78 is 0. The molecule has 0 saturated heterocycles. The standard InChI is InChI=1S/C13H21NO/c15-13(14-10-4-1-5-11-14)9-8-12-6-2-3-7-12/h1,4,12H,2-3,5-11H2. The van der Waals surface area contributed by atoms with Crippen molar-refractivity contribution in [2.75, 3.05) is 13.1 Å². The minimum absolute atomic E-state index is 0.367. The fourth-order valence-corrected chi connectivity index (χ4v) is 2.65. The highest BCUT2D eigenvalue weighted by molar-refractivity contribution is 5.76. The average Bonchev–Trinajstić information content (AvgIpc) is 2.80. The minimum Gasteiger partial charge on any atom is -0.339 e. The summed E-state index contributed by atoms with van der Waals surface area (Å²) in [6.45, 7) is 1.77. The van der Waals surface area contributed by atoms with Crippen molar-refractivity contribution >= 4 is 5.91 Å². The molecule has 1 heterocycles. The third-order valence-electron chi connectivity index (χ3n) is 3.65. The molecule has 1 aliphatic carbocycles. The zero-order valence-corrected chi connectivity index (χ0v) is 9.45. The molecule has 2 heteroatoms. The van der Waals surface area contributed by atoms with Crippen molar-refractivity contribution < 1.29 is 4.79 Å². The van der Waals surface area contributed by atoms with Gasteiger partial charge >= 0.3 is 0 Å². The summed E-state index contributed by atoms with van der Waals surface area (Å²) in [4.78, 5) is 13.8. The van der Waals surface area contributed by atoms with Gasteiger partial charge in [-0.05, 0) is 18.8 Å². The molecular formula is C13H21NO. The van der Waals surface area contributed by atoms with Gasteiger partial charge in [0.2, 0.25) is 5.91 Å². The van der Waals surface area contributed by atoms with Crippen molar-refractivity contribution in [3.05, 3.63) is 12.2 Å². The Morgan fingerprint density at radius 2 is 2.07 bits per heavy atom. The van der Waals surface area contributed by atoms with Crippen LogP contribution in [0.4, 0.5) is 0 Å². The van der Waals surface area contributed by atoms with Gasteiger partial charge in [-0.15, -0.1) is 0 Å². The zero-order valence-electron chi connectivity index (χ0n) is 9.45. The largest absolute Gasteiger partial charge is 0.339 e. The molecule has 1 amide bonds. The van der Waals surface area contributed by atoms with Crippen molar-refractivity contribution in [2.24, 2.45) is 5.92 Å². The van der Waals surface area contributed by atoms with E-state index in [1.807, 2.05) is 4.90 Å².